The Morgan fingerprint density at radius 2 is 2.07 bits per heavy atom. The molecular weight excluding hydrogens is 378 g/mol. The number of hydrogen-bond donors (Lipinski definition) is 2. The van der Waals surface area contributed by atoms with Crippen molar-refractivity contribution in [1.82, 2.24) is 4.57 Å². The van der Waals surface area contributed by atoms with E-state index in [9.17, 15) is 4.79 Å². The monoisotopic (exact) mass is 401 g/mol. The molecule has 0 atom stereocenters. The SMILES string of the molecule is CCn1c(-c2cccc(NC(=O)OCCCCl)c2)c(N)c2ccc(OC)cc21. The Kier molecular flexibility index (Phi) is 6.31. The number of nitrogens with one attached hydrogen (secondary N) is 1. The van der Waals surface area contributed by atoms with Crippen molar-refractivity contribution < 1.29 is 14.3 Å². The van der Waals surface area contributed by atoms with E-state index < -0.39 is 6.09 Å². The van der Waals surface area contributed by atoms with E-state index in [4.69, 9.17) is 26.8 Å². The molecule has 0 spiro atoms. The first-order chi connectivity index (χ1) is 13.6. The number of anilines is 2. The lowest BCUT2D eigenvalue weighted by molar-refractivity contribution is 0.162. The van der Waals surface area contributed by atoms with Gasteiger partial charge in [-0.05, 0) is 37.6 Å². The minimum atomic E-state index is -0.504. The lowest BCUT2D eigenvalue weighted by Gasteiger charge is -2.11. The van der Waals surface area contributed by atoms with Crippen LogP contribution in [0.3, 0.4) is 0 Å². The fraction of sp³-hybridized carbons (Fsp3) is 0.286. The molecule has 3 N–H and O–H groups in total. The Hall–Kier alpha value is -2.86. The highest BCUT2D eigenvalue weighted by atomic mass is 35.5. The Morgan fingerprint density at radius 3 is 2.79 bits per heavy atom. The number of carbonyl (C=O) groups excluding carboxylic acids is 1. The van der Waals surface area contributed by atoms with Gasteiger partial charge in [0.05, 0.1) is 30.6 Å². The van der Waals surface area contributed by atoms with Gasteiger partial charge >= 0.3 is 6.09 Å². The number of halogens is 1. The quantitative estimate of drug-likeness (QED) is 0.426. The zero-order valence-corrected chi connectivity index (χ0v) is 16.8. The van der Waals surface area contributed by atoms with E-state index in [2.05, 4.69) is 16.8 Å². The number of amides is 1. The molecule has 148 valence electrons. The van der Waals surface area contributed by atoms with E-state index in [1.807, 2.05) is 42.5 Å². The number of nitrogens with two attached hydrogens (primary N) is 1. The Morgan fingerprint density at radius 1 is 1.25 bits per heavy atom. The second-order valence-electron chi connectivity index (χ2n) is 6.27. The normalized spacial score (nSPS) is 10.8. The number of nitrogen functional groups attached to an aromatic ring is 1. The van der Waals surface area contributed by atoms with E-state index in [0.717, 1.165) is 34.5 Å². The van der Waals surface area contributed by atoms with Gasteiger partial charge in [0.25, 0.3) is 0 Å². The first-order valence-electron chi connectivity index (χ1n) is 9.15. The van der Waals surface area contributed by atoms with E-state index in [0.29, 0.717) is 23.7 Å². The number of alkyl halides is 1. The Labute approximate surface area is 169 Å². The van der Waals surface area contributed by atoms with Gasteiger partial charge in [0, 0.05) is 35.1 Å². The molecule has 0 radical (unpaired) electrons. The number of aryl methyl sites for hydroxylation is 1. The van der Waals surface area contributed by atoms with Gasteiger partial charge in [-0.15, -0.1) is 11.6 Å². The first-order valence-corrected chi connectivity index (χ1v) is 9.68. The average molecular weight is 402 g/mol. The maximum absolute atomic E-state index is 11.9. The van der Waals surface area contributed by atoms with Crippen LogP contribution in [0.15, 0.2) is 42.5 Å². The number of nitrogens with zero attached hydrogens (tertiary/aromatic N) is 1. The second kappa shape index (κ2) is 8.89. The highest BCUT2D eigenvalue weighted by Crippen LogP contribution is 2.38. The molecule has 7 heteroatoms. The molecule has 1 heterocycles. The number of benzene rings is 2. The summed E-state index contributed by atoms with van der Waals surface area (Å²) in [6.07, 6.45) is 0.113. The van der Waals surface area contributed by atoms with Gasteiger partial charge < -0.3 is 19.8 Å². The maximum Gasteiger partial charge on any atom is 0.411 e. The zero-order chi connectivity index (χ0) is 20.1. The van der Waals surface area contributed by atoms with Crippen molar-refractivity contribution in [2.24, 2.45) is 0 Å². The van der Waals surface area contributed by atoms with Crippen molar-refractivity contribution in [1.29, 1.82) is 0 Å². The first kappa shape index (κ1) is 19.9. The predicted molar refractivity (Wildman–Crippen MR) is 114 cm³/mol. The number of hydrogen-bond acceptors (Lipinski definition) is 4. The number of aromatic nitrogens is 1. The van der Waals surface area contributed by atoms with Crippen molar-refractivity contribution in [2.45, 2.75) is 19.9 Å². The summed E-state index contributed by atoms with van der Waals surface area (Å²) in [7, 11) is 1.64. The third kappa shape index (κ3) is 4.02. The summed E-state index contributed by atoms with van der Waals surface area (Å²) in [5.74, 6) is 1.23. The van der Waals surface area contributed by atoms with Gasteiger partial charge in [-0.2, -0.15) is 0 Å². The number of fused-ring (bicyclic) bond motifs is 1. The summed E-state index contributed by atoms with van der Waals surface area (Å²) >= 11 is 5.60. The lowest BCUT2D eigenvalue weighted by Crippen LogP contribution is -2.14. The van der Waals surface area contributed by atoms with Crippen LogP contribution in [-0.2, 0) is 11.3 Å². The van der Waals surface area contributed by atoms with Crippen molar-refractivity contribution >= 4 is 40.0 Å². The molecule has 28 heavy (non-hydrogen) atoms. The van der Waals surface area contributed by atoms with Crippen molar-refractivity contribution in [3.05, 3.63) is 42.5 Å². The molecule has 0 saturated heterocycles. The molecule has 6 nitrogen and oxygen atoms in total. The summed E-state index contributed by atoms with van der Waals surface area (Å²) in [6.45, 7) is 3.10. The molecule has 0 aliphatic carbocycles. The molecule has 3 rings (SSSR count). The van der Waals surface area contributed by atoms with Crippen LogP contribution in [0.1, 0.15) is 13.3 Å². The fourth-order valence-corrected chi connectivity index (χ4v) is 3.35. The van der Waals surface area contributed by atoms with Crippen molar-refractivity contribution in [2.75, 3.05) is 30.6 Å². The van der Waals surface area contributed by atoms with Crippen LogP contribution >= 0.6 is 11.6 Å². The summed E-state index contributed by atoms with van der Waals surface area (Å²) in [5.41, 5.74) is 10.6. The molecule has 3 aromatic rings. The molecule has 0 aliphatic heterocycles. The minimum absolute atomic E-state index is 0.286. The van der Waals surface area contributed by atoms with Crippen molar-refractivity contribution in [3.8, 4) is 17.0 Å². The second-order valence-corrected chi connectivity index (χ2v) is 6.65. The largest absolute Gasteiger partial charge is 0.497 e. The molecule has 1 aromatic heterocycles. The van der Waals surface area contributed by atoms with Crippen molar-refractivity contribution in [3.63, 3.8) is 0 Å². The van der Waals surface area contributed by atoms with Gasteiger partial charge in [0.1, 0.15) is 5.75 Å². The predicted octanol–water partition coefficient (Wildman–Crippen LogP) is 5.10. The lowest BCUT2D eigenvalue weighted by atomic mass is 10.1. The van der Waals surface area contributed by atoms with Crippen LogP contribution in [0.5, 0.6) is 5.75 Å². The summed E-state index contributed by atoms with van der Waals surface area (Å²) < 4.78 is 12.6. The topological polar surface area (TPSA) is 78.5 Å². The average Bonchev–Trinajstić information content (AvgIpc) is 2.99. The van der Waals surface area contributed by atoms with Gasteiger partial charge in [-0.1, -0.05) is 12.1 Å². The third-order valence-corrected chi connectivity index (χ3v) is 4.79. The zero-order valence-electron chi connectivity index (χ0n) is 16.0. The van der Waals surface area contributed by atoms with Crippen LogP contribution in [-0.4, -0.2) is 30.3 Å². The molecular formula is C21H24ClN3O3. The maximum atomic E-state index is 11.9. The minimum Gasteiger partial charge on any atom is -0.497 e. The van der Waals surface area contributed by atoms with Crippen LogP contribution < -0.4 is 15.8 Å². The van der Waals surface area contributed by atoms with Crippen LogP contribution in [0.4, 0.5) is 16.2 Å². The van der Waals surface area contributed by atoms with E-state index in [1.54, 1.807) is 7.11 Å². The van der Waals surface area contributed by atoms with E-state index in [1.165, 1.54) is 0 Å². The van der Waals surface area contributed by atoms with Gasteiger partial charge in [0.15, 0.2) is 0 Å². The third-order valence-electron chi connectivity index (χ3n) is 4.52. The fourth-order valence-electron chi connectivity index (χ4n) is 3.24. The number of rotatable bonds is 7. The van der Waals surface area contributed by atoms with Gasteiger partial charge in [-0.3, -0.25) is 5.32 Å². The van der Waals surface area contributed by atoms with Crippen LogP contribution in [0, 0.1) is 0 Å². The molecule has 0 unspecified atom stereocenters. The molecule has 0 fully saturated rings. The summed E-state index contributed by atoms with van der Waals surface area (Å²) in [6, 6.07) is 13.4. The summed E-state index contributed by atoms with van der Waals surface area (Å²) in [4.78, 5) is 11.9. The smallest absolute Gasteiger partial charge is 0.411 e. The summed E-state index contributed by atoms with van der Waals surface area (Å²) in [5, 5.41) is 3.71. The number of ether oxygens (including phenoxy) is 2. The van der Waals surface area contributed by atoms with Crippen LogP contribution in [0.2, 0.25) is 0 Å². The Balaban J connectivity index is 1.96. The number of methoxy groups -OCH3 is 1. The molecule has 0 saturated carbocycles. The standard InChI is InChI=1S/C21H24ClN3O3/c1-3-25-18-13-16(27-2)8-9-17(18)19(23)20(25)14-6-4-7-15(12-14)24-21(26)28-11-5-10-22/h4,6-9,12-13H,3,5,10-11,23H2,1-2H3,(H,24,26). The van der Waals surface area contributed by atoms with E-state index >= 15 is 0 Å². The molecule has 1 amide bonds. The van der Waals surface area contributed by atoms with Gasteiger partial charge in [0.2, 0.25) is 0 Å². The van der Waals surface area contributed by atoms with Gasteiger partial charge in [-0.25, -0.2) is 4.79 Å². The molecule has 2 aromatic carbocycles. The van der Waals surface area contributed by atoms with Crippen LogP contribution in [0.25, 0.3) is 22.2 Å². The molecule has 0 bridgehead atoms. The highest BCUT2D eigenvalue weighted by molar-refractivity contribution is 6.17. The van der Waals surface area contributed by atoms with E-state index in [-0.39, 0.29) is 6.61 Å². The molecule has 0 aliphatic rings. The highest BCUT2D eigenvalue weighted by Gasteiger charge is 2.17. The number of carbonyl (C=O) groups is 1. The Bertz CT molecular complexity index is 984.